The Morgan fingerprint density at radius 2 is 1.94 bits per heavy atom. The molecular formula is C13H14N2O3. The van der Waals surface area contributed by atoms with E-state index in [1.807, 2.05) is 18.2 Å². The Bertz CT molecular complexity index is 497. The molecule has 3 rings (SSSR count). The number of carbonyl (C=O) groups excluding carboxylic acids is 2. The number of morpholine rings is 1. The number of ether oxygens (including phenoxy) is 1. The molecule has 0 aliphatic carbocycles. The average Bonchev–Trinajstić information content (AvgIpc) is 2.39. The van der Waals surface area contributed by atoms with Gasteiger partial charge in [0.25, 0.3) is 11.8 Å². The van der Waals surface area contributed by atoms with E-state index in [2.05, 4.69) is 5.32 Å². The van der Waals surface area contributed by atoms with Crippen LogP contribution in [0.1, 0.15) is 12.0 Å². The number of imide groups is 1. The maximum Gasteiger partial charge on any atom is 0.259 e. The summed E-state index contributed by atoms with van der Waals surface area (Å²) in [5, 5.41) is 3.29. The number of hydrogen-bond donors (Lipinski definition) is 1. The third kappa shape index (κ3) is 1.76. The maximum atomic E-state index is 11.9. The molecule has 18 heavy (non-hydrogen) atoms. The molecule has 5 nitrogen and oxygen atoms in total. The zero-order chi connectivity index (χ0) is 12.5. The van der Waals surface area contributed by atoms with Gasteiger partial charge in [-0.3, -0.25) is 9.59 Å². The fraction of sp³-hybridized carbons (Fsp3) is 0.385. The first-order valence-corrected chi connectivity index (χ1v) is 6.06. The Kier molecular flexibility index (Phi) is 2.76. The number of amides is 2. The summed E-state index contributed by atoms with van der Waals surface area (Å²) >= 11 is 0. The normalized spacial score (nSPS) is 19.4. The zero-order valence-corrected chi connectivity index (χ0v) is 9.94. The highest BCUT2D eigenvalue weighted by Gasteiger charge is 2.30. The number of hydrogen-bond acceptors (Lipinski definition) is 4. The van der Waals surface area contributed by atoms with E-state index in [1.54, 1.807) is 0 Å². The molecule has 2 amide bonds. The minimum atomic E-state index is -0.287. The van der Waals surface area contributed by atoms with E-state index in [-0.39, 0.29) is 25.0 Å². The van der Waals surface area contributed by atoms with E-state index in [4.69, 9.17) is 4.74 Å². The Labute approximate surface area is 105 Å². The molecule has 1 aromatic rings. The van der Waals surface area contributed by atoms with Crippen LogP contribution in [0.15, 0.2) is 18.2 Å². The van der Waals surface area contributed by atoms with Gasteiger partial charge in [-0.15, -0.1) is 0 Å². The fourth-order valence-electron chi connectivity index (χ4n) is 2.46. The number of carbonyl (C=O) groups is 2. The summed E-state index contributed by atoms with van der Waals surface area (Å²) in [5.41, 5.74) is 2.77. The summed E-state index contributed by atoms with van der Waals surface area (Å²) < 4.78 is 4.93. The molecule has 2 heterocycles. The fourth-order valence-corrected chi connectivity index (χ4v) is 2.46. The number of nitrogens with zero attached hydrogens (tertiary/aromatic N) is 1. The van der Waals surface area contributed by atoms with Crippen molar-refractivity contribution in [3.8, 4) is 0 Å². The van der Waals surface area contributed by atoms with Crippen LogP contribution in [0, 0.1) is 0 Å². The summed E-state index contributed by atoms with van der Waals surface area (Å²) in [4.78, 5) is 25.0. The van der Waals surface area contributed by atoms with Crippen molar-refractivity contribution in [2.75, 3.05) is 30.0 Å². The molecule has 1 aromatic carbocycles. The lowest BCUT2D eigenvalue weighted by atomic mass is 10.0. The summed E-state index contributed by atoms with van der Waals surface area (Å²) in [6, 6.07) is 5.67. The molecule has 0 spiro atoms. The topological polar surface area (TPSA) is 58.6 Å². The maximum absolute atomic E-state index is 11.9. The number of rotatable bonds is 1. The quantitative estimate of drug-likeness (QED) is 0.749. The van der Waals surface area contributed by atoms with Crippen molar-refractivity contribution in [1.82, 2.24) is 0 Å². The molecule has 1 fully saturated rings. The van der Waals surface area contributed by atoms with Crippen molar-refractivity contribution in [3.63, 3.8) is 0 Å². The molecule has 2 aliphatic heterocycles. The van der Waals surface area contributed by atoms with E-state index < -0.39 is 0 Å². The van der Waals surface area contributed by atoms with Gasteiger partial charge in [0, 0.05) is 12.2 Å². The molecule has 1 N–H and O–H groups in total. The monoisotopic (exact) mass is 246 g/mol. The van der Waals surface area contributed by atoms with E-state index in [1.165, 1.54) is 4.90 Å². The number of anilines is 2. The van der Waals surface area contributed by atoms with Crippen LogP contribution in [0.25, 0.3) is 0 Å². The third-order valence-corrected chi connectivity index (χ3v) is 3.26. The lowest BCUT2D eigenvalue weighted by molar-refractivity contribution is -0.138. The van der Waals surface area contributed by atoms with Gasteiger partial charge in [0.1, 0.15) is 13.2 Å². The van der Waals surface area contributed by atoms with Crippen LogP contribution in [-0.2, 0) is 20.7 Å². The van der Waals surface area contributed by atoms with Crippen molar-refractivity contribution in [2.24, 2.45) is 0 Å². The van der Waals surface area contributed by atoms with Gasteiger partial charge < -0.3 is 10.1 Å². The van der Waals surface area contributed by atoms with Crippen LogP contribution in [0.4, 0.5) is 11.4 Å². The number of fused-ring (bicyclic) bond motifs is 1. The van der Waals surface area contributed by atoms with Gasteiger partial charge >= 0.3 is 0 Å². The molecule has 5 heteroatoms. The standard InChI is InChI=1S/C13H14N2O3/c16-12-7-18-8-13(17)15(12)11-5-1-4-10-9(11)3-2-6-14-10/h1,4-5,14H,2-3,6-8H2. The molecule has 0 saturated carbocycles. The summed E-state index contributed by atoms with van der Waals surface area (Å²) in [5.74, 6) is -0.574. The van der Waals surface area contributed by atoms with Gasteiger partial charge in [-0.1, -0.05) is 6.07 Å². The summed E-state index contributed by atoms with van der Waals surface area (Å²) in [7, 11) is 0. The number of benzene rings is 1. The van der Waals surface area contributed by atoms with E-state index in [0.29, 0.717) is 5.69 Å². The summed E-state index contributed by atoms with van der Waals surface area (Å²) in [6.07, 6.45) is 1.90. The molecule has 2 aliphatic rings. The molecule has 94 valence electrons. The largest absolute Gasteiger partial charge is 0.385 e. The molecule has 0 unspecified atom stereocenters. The third-order valence-electron chi connectivity index (χ3n) is 3.26. The second-order valence-electron chi connectivity index (χ2n) is 4.45. The molecule has 0 atom stereocenters. The summed E-state index contributed by atoms with van der Waals surface area (Å²) in [6.45, 7) is 0.882. The van der Waals surface area contributed by atoms with E-state index in [9.17, 15) is 9.59 Å². The van der Waals surface area contributed by atoms with Gasteiger partial charge in [0.2, 0.25) is 0 Å². The smallest absolute Gasteiger partial charge is 0.259 e. The first-order chi connectivity index (χ1) is 8.77. The molecular weight excluding hydrogens is 232 g/mol. The van der Waals surface area contributed by atoms with Gasteiger partial charge in [-0.05, 0) is 30.5 Å². The van der Waals surface area contributed by atoms with Crippen molar-refractivity contribution in [2.45, 2.75) is 12.8 Å². The van der Waals surface area contributed by atoms with Crippen LogP contribution in [0.5, 0.6) is 0 Å². The van der Waals surface area contributed by atoms with E-state index in [0.717, 1.165) is 30.6 Å². The first kappa shape index (κ1) is 11.2. The highest BCUT2D eigenvalue weighted by atomic mass is 16.5. The lowest BCUT2D eigenvalue weighted by Gasteiger charge is -2.29. The minimum Gasteiger partial charge on any atom is -0.385 e. The van der Waals surface area contributed by atoms with Crippen molar-refractivity contribution >= 4 is 23.2 Å². The minimum absolute atomic E-state index is 0.0250. The van der Waals surface area contributed by atoms with Crippen molar-refractivity contribution < 1.29 is 14.3 Å². The Balaban J connectivity index is 2.05. The van der Waals surface area contributed by atoms with Crippen LogP contribution in [0.2, 0.25) is 0 Å². The van der Waals surface area contributed by atoms with Gasteiger partial charge in [0.05, 0.1) is 5.69 Å². The van der Waals surface area contributed by atoms with Crippen molar-refractivity contribution in [3.05, 3.63) is 23.8 Å². The van der Waals surface area contributed by atoms with Crippen LogP contribution >= 0.6 is 0 Å². The average molecular weight is 246 g/mol. The van der Waals surface area contributed by atoms with Gasteiger partial charge in [-0.2, -0.15) is 0 Å². The highest BCUT2D eigenvalue weighted by Crippen LogP contribution is 2.32. The van der Waals surface area contributed by atoms with Crippen LogP contribution < -0.4 is 10.2 Å². The second-order valence-corrected chi connectivity index (χ2v) is 4.45. The van der Waals surface area contributed by atoms with Gasteiger partial charge in [-0.25, -0.2) is 4.90 Å². The first-order valence-electron chi connectivity index (χ1n) is 6.06. The van der Waals surface area contributed by atoms with Gasteiger partial charge in [0.15, 0.2) is 0 Å². The lowest BCUT2D eigenvalue weighted by Crippen LogP contribution is -2.47. The van der Waals surface area contributed by atoms with Crippen molar-refractivity contribution in [1.29, 1.82) is 0 Å². The molecule has 1 saturated heterocycles. The molecule has 0 bridgehead atoms. The SMILES string of the molecule is O=C1COCC(=O)N1c1cccc2c1CCCN2. The number of nitrogens with one attached hydrogen (secondary N) is 1. The Hall–Kier alpha value is -1.88. The second kappa shape index (κ2) is 4.42. The highest BCUT2D eigenvalue weighted by molar-refractivity contribution is 6.17. The molecule has 0 radical (unpaired) electrons. The Morgan fingerprint density at radius 1 is 1.17 bits per heavy atom. The van der Waals surface area contributed by atoms with E-state index >= 15 is 0 Å². The van der Waals surface area contributed by atoms with Crippen LogP contribution in [-0.4, -0.2) is 31.6 Å². The molecule has 0 aromatic heterocycles. The zero-order valence-electron chi connectivity index (χ0n) is 9.94. The predicted octanol–water partition coefficient (Wildman–Crippen LogP) is 0.934. The Morgan fingerprint density at radius 3 is 2.72 bits per heavy atom. The predicted molar refractivity (Wildman–Crippen MR) is 66.6 cm³/mol. The van der Waals surface area contributed by atoms with Crippen LogP contribution in [0.3, 0.4) is 0 Å².